The summed E-state index contributed by atoms with van der Waals surface area (Å²) in [5.74, 6) is 0.378. The molecule has 2 aromatic heterocycles. The highest BCUT2D eigenvalue weighted by Gasteiger charge is 2.32. The Labute approximate surface area is 135 Å². The van der Waals surface area contributed by atoms with Gasteiger partial charge in [-0.05, 0) is 30.7 Å². The first kappa shape index (κ1) is 15.6. The van der Waals surface area contributed by atoms with Crippen molar-refractivity contribution in [3.63, 3.8) is 0 Å². The fourth-order valence-corrected chi connectivity index (χ4v) is 2.91. The summed E-state index contributed by atoms with van der Waals surface area (Å²) in [5, 5.41) is 0. The normalized spacial score (nSPS) is 18.0. The van der Waals surface area contributed by atoms with E-state index in [-0.39, 0.29) is 11.9 Å². The van der Waals surface area contributed by atoms with Gasteiger partial charge in [-0.25, -0.2) is 4.98 Å². The lowest BCUT2D eigenvalue weighted by Crippen LogP contribution is -2.44. The van der Waals surface area contributed by atoms with Gasteiger partial charge >= 0.3 is 0 Å². The molecule has 1 saturated heterocycles. The molecule has 122 valence electrons. The van der Waals surface area contributed by atoms with E-state index in [2.05, 4.69) is 4.98 Å². The zero-order chi connectivity index (χ0) is 16.4. The van der Waals surface area contributed by atoms with Crippen LogP contribution in [0.4, 0.5) is 0 Å². The Bertz CT molecular complexity index is 711. The largest absolute Gasteiger partial charge is 0.494 e. The summed E-state index contributed by atoms with van der Waals surface area (Å²) in [5.41, 5.74) is 2.35. The van der Waals surface area contributed by atoms with E-state index in [4.69, 9.17) is 9.47 Å². The molecular formula is C17H21N3O3. The summed E-state index contributed by atoms with van der Waals surface area (Å²) in [4.78, 5) is 19.1. The second-order valence-electron chi connectivity index (χ2n) is 5.70. The lowest BCUT2D eigenvalue weighted by Gasteiger charge is -2.35. The van der Waals surface area contributed by atoms with E-state index in [9.17, 15) is 4.79 Å². The van der Waals surface area contributed by atoms with Gasteiger partial charge in [0.1, 0.15) is 5.75 Å². The van der Waals surface area contributed by atoms with Crippen LogP contribution in [0, 0.1) is 6.92 Å². The lowest BCUT2D eigenvalue weighted by molar-refractivity contribution is -0.00509. The minimum absolute atomic E-state index is 0.121. The first-order valence-corrected chi connectivity index (χ1v) is 7.62. The molecule has 0 bridgehead atoms. The van der Waals surface area contributed by atoms with Gasteiger partial charge in [0.05, 0.1) is 26.4 Å². The molecule has 0 spiro atoms. The van der Waals surface area contributed by atoms with Crippen molar-refractivity contribution in [2.24, 2.45) is 7.05 Å². The number of rotatable bonds is 3. The summed E-state index contributed by atoms with van der Waals surface area (Å²) >= 11 is 0. The van der Waals surface area contributed by atoms with Crippen LogP contribution >= 0.6 is 0 Å². The number of aryl methyl sites for hydroxylation is 2. The predicted octanol–water partition coefficient (Wildman–Crippen LogP) is 1.95. The molecule has 0 aliphatic carbocycles. The van der Waals surface area contributed by atoms with Crippen LogP contribution in [-0.4, -0.2) is 47.2 Å². The number of ether oxygens (including phenoxy) is 2. The zero-order valence-electron chi connectivity index (χ0n) is 13.7. The van der Waals surface area contributed by atoms with Gasteiger partial charge in [0, 0.05) is 31.7 Å². The Morgan fingerprint density at radius 1 is 1.48 bits per heavy atom. The van der Waals surface area contributed by atoms with Crippen molar-refractivity contribution in [1.82, 2.24) is 14.5 Å². The molecule has 6 nitrogen and oxygen atoms in total. The standard InChI is InChI=1S/C17H21N3O3/c1-12-9-15(22-3)16(18-10-12)17(21)20-7-8-23-11-14(20)13-5-4-6-19(13)2/h4-6,9-10,14H,7-8,11H2,1-3H3. The van der Waals surface area contributed by atoms with Gasteiger partial charge in [0.15, 0.2) is 5.69 Å². The quantitative estimate of drug-likeness (QED) is 0.869. The number of hydrogen-bond acceptors (Lipinski definition) is 4. The van der Waals surface area contributed by atoms with Crippen molar-refractivity contribution in [3.05, 3.63) is 47.5 Å². The molecule has 1 aliphatic heterocycles. The van der Waals surface area contributed by atoms with E-state index in [1.165, 1.54) is 0 Å². The Morgan fingerprint density at radius 3 is 3.00 bits per heavy atom. The molecule has 1 unspecified atom stereocenters. The number of amides is 1. The van der Waals surface area contributed by atoms with Crippen LogP contribution < -0.4 is 4.74 Å². The highest BCUT2D eigenvalue weighted by molar-refractivity contribution is 5.95. The topological polar surface area (TPSA) is 56.6 Å². The van der Waals surface area contributed by atoms with Gasteiger partial charge in [-0.2, -0.15) is 0 Å². The van der Waals surface area contributed by atoms with Crippen LogP contribution in [0.3, 0.4) is 0 Å². The third kappa shape index (κ3) is 2.94. The average molecular weight is 315 g/mol. The molecule has 6 heteroatoms. The third-order valence-electron chi connectivity index (χ3n) is 4.13. The molecule has 0 saturated carbocycles. The molecule has 1 atom stereocenters. The number of carbonyl (C=O) groups excluding carboxylic acids is 1. The molecule has 1 amide bonds. The molecule has 23 heavy (non-hydrogen) atoms. The van der Waals surface area contributed by atoms with E-state index in [1.54, 1.807) is 13.3 Å². The van der Waals surface area contributed by atoms with E-state index in [1.807, 2.05) is 47.8 Å². The van der Waals surface area contributed by atoms with Gasteiger partial charge < -0.3 is 18.9 Å². The third-order valence-corrected chi connectivity index (χ3v) is 4.13. The monoisotopic (exact) mass is 315 g/mol. The van der Waals surface area contributed by atoms with Gasteiger partial charge in [-0.3, -0.25) is 4.79 Å². The van der Waals surface area contributed by atoms with E-state index >= 15 is 0 Å². The minimum atomic E-state index is -0.128. The van der Waals surface area contributed by atoms with Crippen molar-refractivity contribution in [3.8, 4) is 5.75 Å². The first-order valence-electron chi connectivity index (χ1n) is 7.62. The van der Waals surface area contributed by atoms with Gasteiger partial charge in [0.25, 0.3) is 5.91 Å². The summed E-state index contributed by atoms with van der Waals surface area (Å²) < 4.78 is 12.9. The summed E-state index contributed by atoms with van der Waals surface area (Å²) in [7, 11) is 3.53. The maximum atomic E-state index is 13.0. The predicted molar refractivity (Wildman–Crippen MR) is 85.5 cm³/mol. The Balaban J connectivity index is 1.95. The molecule has 3 heterocycles. The zero-order valence-corrected chi connectivity index (χ0v) is 13.7. The van der Waals surface area contributed by atoms with Crippen molar-refractivity contribution in [2.45, 2.75) is 13.0 Å². The van der Waals surface area contributed by atoms with Crippen LogP contribution in [-0.2, 0) is 11.8 Å². The number of carbonyl (C=O) groups is 1. The number of nitrogens with zero attached hydrogens (tertiary/aromatic N) is 3. The van der Waals surface area contributed by atoms with Crippen molar-refractivity contribution in [1.29, 1.82) is 0 Å². The van der Waals surface area contributed by atoms with Crippen LogP contribution in [0.25, 0.3) is 0 Å². The molecule has 3 rings (SSSR count). The van der Waals surface area contributed by atoms with E-state index in [0.29, 0.717) is 31.2 Å². The van der Waals surface area contributed by atoms with E-state index in [0.717, 1.165) is 11.3 Å². The molecule has 0 aromatic carbocycles. The van der Waals surface area contributed by atoms with Gasteiger partial charge in [-0.15, -0.1) is 0 Å². The summed E-state index contributed by atoms with van der Waals surface area (Å²) in [6.07, 6.45) is 3.66. The Hall–Kier alpha value is -2.34. The SMILES string of the molecule is COc1cc(C)cnc1C(=O)N1CCOCC1c1cccn1C. The highest BCUT2D eigenvalue weighted by Crippen LogP contribution is 2.28. The fraction of sp³-hybridized carbons (Fsp3) is 0.412. The lowest BCUT2D eigenvalue weighted by atomic mass is 10.1. The van der Waals surface area contributed by atoms with Gasteiger partial charge in [0.2, 0.25) is 0 Å². The first-order chi connectivity index (χ1) is 11.1. The number of methoxy groups -OCH3 is 1. The summed E-state index contributed by atoms with van der Waals surface area (Å²) in [6, 6.07) is 5.69. The Kier molecular flexibility index (Phi) is 4.34. The number of hydrogen-bond donors (Lipinski definition) is 0. The van der Waals surface area contributed by atoms with Crippen molar-refractivity contribution < 1.29 is 14.3 Å². The molecule has 1 aliphatic rings. The highest BCUT2D eigenvalue weighted by atomic mass is 16.5. The van der Waals surface area contributed by atoms with Crippen LogP contribution in [0.5, 0.6) is 5.75 Å². The molecule has 0 N–H and O–H groups in total. The number of morpholine rings is 1. The summed E-state index contributed by atoms with van der Waals surface area (Å²) in [6.45, 7) is 3.47. The second kappa shape index (κ2) is 6.42. The molecule has 1 fully saturated rings. The maximum absolute atomic E-state index is 13.0. The van der Waals surface area contributed by atoms with Crippen LogP contribution in [0.2, 0.25) is 0 Å². The smallest absolute Gasteiger partial charge is 0.277 e. The second-order valence-corrected chi connectivity index (χ2v) is 5.70. The maximum Gasteiger partial charge on any atom is 0.277 e. The molecule has 0 radical (unpaired) electrons. The molecular weight excluding hydrogens is 294 g/mol. The van der Waals surface area contributed by atoms with E-state index < -0.39 is 0 Å². The van der Waals surface area contributed by atoms with Crippen molar-refractivity contribution >= 4 is 5.91 Å². The minimum Gasteiger partial charge on any atom is -0.494 e. The Morgan fingerprint density at radius 2 is 2.30 bits per heavy atom. The number of aromatic nitrogens is 2. The number of pyridine rings is 1. The van der Waals surface area contributed by atoms with Crippen LogP contribution in [0.1, 0.15) is 27.8 Å². The average Bonchev–Trinajstić information content (AvgIpc) is 3.00. The van der Waals surface area contributed by atoms with Crippen molar-refractivity contribution in [2.75, 3.05) is 26.9 Å². The molecule has 2 aromatic rings. The fourth-order valence-electron chi connectivity index (χ4n) is 2.91. The van der Waals surface area contributed by atoms with Crippen LogP contribution in [0.15, 0.2) is 30.6 Å². The van der Waals surface area contributed by atoms with Gasteiger partial charge in [-0.1, -0.05) is 0 Å².